The molecule has 1 aliphatic carbocycles. The second-order valence-corrected chi connectivity index (χ2v) is 6.47. The van der Waals surface area contributed by atoms with Crippen molar-refractivity contribution in [3.05, 3.63) is 42.5 Å². The third kappa shape index (κ3) is 3.27. The number of benzene rings is 2. The molecule has 0 saturated heterocycles. The number of amides is 1. The number of para-hydroxylation sites is 2. The zero-order valence-corrected chi connectivity index (χ0v) is 14.6. The quantitative estimate of drug-likeness (QED) is 0.885. The largest absolute Gasteiger partial charge is 0.493 e. The van der Waals surface area contributed by atoms with E-state index >= 15 is 0 Å². The van der Waals surface area contributed by atoms with Gasteiger partial charge < -0.3 is 24.3 Å². The van der Waals surface area contributed by atoms with Crippen LogP contribution in [0.4, 0.5) is 5.69 Å². The summed E-state index contributed by atoms with van der Waals surface area (Å²) in [5, 5.41) is 2.82. The van der Waals surface area contributed by atoms with Crippen molar-refractivity contribution in [2.24, 2.45) is 0 Å². The Labute approximate surface area is 152 Å². The van der Waals surface area contributed by atoms with Crippen molar-refractivity contribution in [3.63, 3.8) is 0 Å². The Morgan fingerprint density at radius 2 is 1.81 bits per heavy atom. The number of hydrogen-bond acceptors (Lipinski definition) is 5. The predicted octanol–water partition coefficient (Wildman–Crippen LogP) is 3.75. The van der Waals surface area contributed by atoms with E-state index in [2.05, 4.69) is 5.32 Å². The SMILES string of the molecule is COc1ccccc1OCC(=O)Nc1ccc2c(c1)OC1(CCCC1)O2. The zero-order chi connectivity index (χ0) is 18.0. The standard InChI is InChI=1S/C20H21NO5/c1-23-15-6-2-3-7-16(15)24-13-19(22)21-14-8-9-17-18(12-14)26-20(25-17)10-4-5-11-20/h2-3,6-9,12H,4-5,10-11,13H2,1H3,(H,21,22). The summed E-state index contributed by atoms with van der Waals surface area (Å²) in [7, 11) is 1.56. The molecule has 0 bridgehead atoms. The first-order chi connectivity index (χ1) is 12.7. The number of rotatable bonds is 5. The van der Waals surface area contributed by atoms with Gasteiger partial charge in [-0.1, -0.05) is 12.1 Å². The van der Waals surface area contributed by atoms with Gasteiger partial charge in [0.25, 0.3) is 11.7 Å². The molecule has 4 rings (SSSR count). The van der Waals surface area contributed by atoms with E-state index in [1.807, 2.05) is 18.2 Å². The Hall–Kier alpha value is -2.89. The van der Waals surface area contributed by atoms with Crippen molar-refractivity contribution in [1.82, 2.24) is 0 Å². The third-order valence-corrected chi connectivity index (χ3v) is 4.61. The van der Waals surface area contributed by atoms with Crippen LogP contribution in [0.25, 0.3) is 0 Å². The minimum Gasteiger partial charge on any atom is -0.493 e. The van der Waals surface area contributed by atoms with Crippen LogP contribution in [0.3, 0.4) is 0 Å². The van der Waals surface area contributed by atoms with Gasteiger partial charge in [0, 0.05) is 24.6 Å². The van der Waals surface area contributed by atoms with E-state index in [1.54, 1.807) is 31.4 Å². The van der Waals surface area contributed by atoms with Crippen LogP contribution in [0.2, 0.25) is 0 Å². The molecule has 2 aromatic carbocycles. The monoisotopic (exact) mass is 355 g/mol. The van der Waals surface area contributed by atoms with Crippen molar-refractivity contribution in [2.75, 3.05) is 19.0 Å². The van der Waals surface area contributed by atoms with Gasteiger partial charge in [0.1, 0.15) is 0 Å². The fourth-order valence-electron chi connectivity index (χ4n) is 3.37. The number of carbonyl (C=O) groups excluding carboxylic acids is 1. The highest BCUT2D eigenvalue weighted by atomic mass is 16.7. The molecule has 1 spiro atoms. The maximum absolute atomic E-state index is 12.2. The fourth-order valence-corrected chi connectivity index (χ4v) is 3.37. The lowest BCUT2D eigenvalue weighted by Gasteiger charge is -2.21. The van der Waals surface area contributed by atoms with Crippen molar-refractivity contribution in [1.29, 1.82) is 0 Å². The van der Waals surface area contributed by atoms with Crippen LogP contribution in [-0.2, 0) is 4.79 Å². The molecule has 1 saturated carbocycles. The van der Waals surface area contributed by atoms with E-state index < -0.39 is 5.79 Å². The molecule has 1 N–H and O–H groups in total. The van der Waals surface area contributed by atoms with Crippen LogP contribution in [0.15, 0.2) is 42.5 Å². The zero-order valence-electron chi connectivity index (χ0n) is 14.6. The highest BCUT2D eigenvalue weighted by Gasteiger charge is 2.44. The number of methoxy groups -OCH3 is 1. The molecule has 26 heavy (non-hydrogen) atoms. The van der Waals surface area contributed by atoms with Crippen LogP contribution in [0.1, 0.15) is 25.7 Å². The molecule has 1 heterocycles. The van der Waals surface area contributed by atoms with Crippen molar-refractivity contribution >= 4 is 11.6 Å². The summed E-state index contributed by atoms with van der Waals surface area (Å²) >= 11 is 0. The lowest BCUT2D eigenvalue weighted by molar-refractivity contribution is -0.118. The fraction of sp³-hybridized carbons (Fsp3) is 0.350. The summed E-state index contributed by atoms with van der Waals surface area (Å²) in [6.07, 6.45) is 4.02. The van der Waals surface area contributed by atoms with Gasteiger partial charge in [0.05, 0.1) is 7.11 Å². The predicted molar refractivity (Wildman–Crippen MR) is 96.0 cm³/mol. The molecular weight excluding hydrogens is 334 g/mol. The Bertz CT molecular complexity index is 814. The second-order valence-electron chi connectivity index (χ2n) is 6.47. The smallest absolute Gasteiger partial charge is 0.262 e. The van der Waals surface area contributed by atoms with E-state index in [0.29, 0.717) is 22.9 Å². The first kappa shape index (κ1) is 16.6. The van der Waals surface area contributed by atoms with E-state index in [0.717, 1.165) is 31.4 Å². The van der Waals surface area contributed by atoms with Gasteiger partial charge in [-0.3, -0.25) is 4.79 Å². The maximum Gasteiger partial charge on any atom is 0.262 e. The van der Waals surface area contributed by atoms with Crippen molar-refractivity contribution < 1.29 is 23.7 Å². The molecule has 0 atom stereocenters. The normalized spacial score (nSPS) is 16.5. The highest BCUT2D eigenvalue weighted by Crippen LogP contribution is 2.47. The number of hydrogen-bond donors (Lipinski definition) is 1. The van der Waals surface area contributed by atoms with Gasteiger partial charge in [-0.15, -0.1) is 0 Å². The van der Waals surface area contributed by atoms with E-state index in [4.69, 9.17) is 18.9 Å². The third-order valence-electron chi connectivity index (χ3n) is 4.61. The number of carbonyl (C=O) groups is 1. The van der Waals surface area contributed by atoms with Crippen LogP contribution < -0.4 is 24.3 Å². The Morgan fingerprint density at radius 1 is 1.08 bits per heavy atom. The Morgan fingerprint density at radius 3 is 2.58 bits per heavy atom. The van der Waals surface area contributed by atoms with Crippen LogP contribution in [0.5, 0.6) is 23.0 Å². The first-order valence-corrected chi connectivity index (χ1v) is 8.75. The number of anilines is 1. The Kier molecular flexibility index (Phi) is 4.32. The molecule has 1 aliphatic heterocycles. The number of fused-ring (bicyclic) bond motifs is 1. The van der Waals surface area contributed by atoms with Crippen LogP contribution in [-0.4, -0.2) is 25.4 Å². The first-order valence-electron chi connectivity index (χ1n) is 8.75. The van der Waals surface area contributed by atoms with Gasteiger partial charge >= 0.3 is 0 Å². The molecular formula is C20H21NO5. The average Bonchev–Trinajstić information content (AvgIpc) is 3.25. The molecule has 1 amide bonds. The summed E-state index contributed by atoms with van der Waals surface area (Å²) < 4.78 is 22.7. The maximum atomic E-state index is 12.2. The molecule has 6 nitrogen and oxygen atoms in total. The summed E-state index contributed by atoms with van der Waals surface area (Å²) in [5.74, 6) is 1.76. The van der Waals surface area contributed by atoms with E-state index in [-0.39, 0.29) is 12.5 Å². The molecule has 2 aromatic rings. The molecule has 2 aliphatic rings. The summed E-state index contributed by atoms with van der Waals surface area (Å²) in [5.41, 5.74) is 0.649. The molecule has 136 valence electrons. The van der Waals surface area contributed by atoms with Crippen molar-refractivity contribution in [3.8, 4) is 23.0 Å². The molecule has 0 aromatic heterocycles. The summed E-state index contributed by atoms with van der Waals surface area (Å²) in [6.45, 7) is -0.112. The van der Waals surface area contributed by atoms with Crippen molar-refractivity contribution in [2.45, 2.75) is 31.5 Å². The van der Waals surface area contributed by atoms with Crippen LogP contribution >= 0.6 is 0 Å². The van der Waals surface area contributed by atoms with E-state index in [9.17, 15) is 4.79 Å². The molecule has 0 radical (unpaired) electrons. The number of nitrogens with one attached hydrogen (secondary N) is 1. The van der Waals surface area contributed by atoms with E-state index in [1.165, 1.54) is 0 Å². The Balaban J connectivity index is 1.37. The lowest BCUT2D eigenvalue weighted by atomic mass is 10.2. The molecule has 0 unspecified atom stereocenters. The minimum absolute atomic E-state index is 0.112. The topological polar surface area (TPSA) is 66.0 Å². The summed E-state index contributed by atoms with van der Waals surface area (Å²) in [6, 6.07) is 12.6. The highest BCUT2D eigenvalue weighted by molar-refractivity contribution is 5.92. The second kappa shape index (κ2) is 6.78. The summed E-state index contributed by atoms with van der Waals surface area (Å²) in [4.78, 5) is 12.2. The lowest BCUT2D eigenvalue weighted by Crippen LogP contribution is -2.34. The molecule has 6 heteroatoms. The minimum atomic E-state index is -0.502. The van der Waals surface area contributed by atoms with Gasteiger partial charge in [0.15, 0.2) is 29.6 Å². The molecule has 1 fully saturated rings. The van der Waals surface area contributed by atoms with Gasteiger partial charge in [-0.2, -0.15) is 0 Å². The van der Waals surface area contributed by atoms with Crippen LogP contribution in [0, 0.1) is 0 Å². The number of ether oxygens (including phenoxy) is 4. The van der Waals surface area contributed by atoms with Gasteiger partial charge in [-0.05, 0) is 37.1 Å². The van der Waals surface area contributed by atoms with Gasteiger partial charge in [0.2, 0.25) is 0 Å². The average molecular weight is 355 g/mol. The van der Waals surface area contributed by atoms with Gasteiger partial charge in [-0.25, -0.2) is 0 Å².